The highest BCUT2D eigenvalue weighted by atomic mass is 32.2. The molecule has 162 valence electrons. The van der Waals surface area contributed by atoms with E-state index in [1.54, 1.807) is 0 Å². The number of halogens is 3. The lowest BCUT2D eigenvalue weighted by molar-refractivity contribution is -0.137. The zero-order valence-corrected chi connectivity index (χ0v) is 17.2. The van der Waals surface area contributed by atoms with Gasteiger partial charge in [-0.05, 0) is 55.0 Å². The Bertz CT molecular complexity index is 996. The fourth-order valence-electron chi connectivity index (χ4n) is 4.60. The second kappa shape index (κ2) is 8.09. The third-order valence-corrected chi connectivity index (χ3v) is 7.50. The van der Waals surface area contributed by atoms with Crippen LogP contribution in [0.5, 0.6) is 0 Å². The minimum absolute atomic E-state index is 0.0528. The average Bonchev–Trinajstić information content (AvgIpc) is 2.73. The van der Waals surface area contributed by atoms with Crippen molar-refractivity contribution in [3.05, 3.63) is 48.3 Å². The van der Waals surface area contributed by atoms with Crippen molar-refractivity contribution in [2.75, 3.05) is 22.7 Å². The quantitative estimate of drug-likeness (QED) is 0.735. The van der Waals surface area contributed by atoms with E-state index in [0.717, 1.165) is 31.5 Å². The summed E-state index contributed by atoms with van der Waals surface area (Å²) in [6.45, 7) is 1.44. The number of hydrogen-bond donors (Lipinski definition) is 1. The van der Waals surface area contributed by atoms with Gasteiger partial charge in [0, 0.05) is 25.5 Å². The first-order valence-corrected chi connectivity index (χ1v) is 11.6. The lowest BCUT2D eigenvalue weighted by Crippen LogP contribution is -2.42. The fourth-order valence-corrected chi connectivity index (χ4v) is 5.63. The molecule has 0 unspecified atom stereocenters. The van der Waals surface area contributed by atoms with Crippen LogP contribution in [0, 0.1) is 11.8 Å². The molecule has 0 amide bonds. The van der Waals surface area contributed by atoms with Crippen molar-refractivity contribution in [2.24, 2.45) is 11.8 Å². The van der Waals surface area contributed by atoms with E-state index in [-0.39, 0.29) is 10.6 Å². The van der Waals surface area contributed by atoms with Gasteiger partial charge in [0.25, 0.3) is 10.0 Å². The summed E-state index contributed by atoms with van der Waals surface area (Å²) in [7, 11) is -4.07. The maximum absolute atomic E-state index is 13.3. The number of alkyl halides is 3. The number of anilines is 2. The van der Waals surface area contributed by atoms with Gasteiger partial charge in [-0.15, -0.1) is 0 Å². The molecule has 0 spiro atoms. The van der Waals surface area contributed by atoms with E-state index in [4.69, 9.17) is 0 Å². The van der Waals surface area contributed by atoms with E-state index < -0.39 is 21.8 Å². The Balaban J connectivity index is 1.68. The number of nitrogens with zero attached hydrogens (tertiary/aromatic N) is 2. The first-order chi connectivity index (χ1) is 14.2. The highest BCUT2D eigenvalue weighted by molar-refractivity contribution is 7.92. The van der Waals surface area contributed by atoms with Gasteiger partial charge in [0.05, 0.1) is 16.9 Å². The highest BCUT2D eigenvalue weighted by Crippen LogP contribution is 2.41. The number of fused-ring (bicyclic) bond motifs is 1. The van der Waals surface area contributed by atoms with Gasteiger partial charge in [0.1, 0.15) is 4.90 Å². The van der Waals surface area contributed by atoms with Gasteiger partial charge in [0.2, 0.25) is 0 Å². The van der Waals surface area contributed by atoms with Crippen LogP contribution in [0.1, 0.15) is 37.7 Å². The molecule has 1 N–H and O–H groups in total. The number of aromatic nitrogens is 1. The first-order valence-electron chi connectivity index (χ1n) is 10.1. The predicted octanol–water partition coefficient (Wildman–Crippen LogP) is 4.92. The summed E-state index contributed by atoms with van der Waals surface area (Å²) >= 11 is 0. The number of nitrogens with one attached hydrogen (secondary N) is 1. The third-order valence-electron chi connectivity index (χ3n) is 6.14. The van der Waals surface area contributed by atoms with Crippen LogP contribution >= 0.6 is 0 Å². The summed E-state index contributed by atoms with van der Waals surface area (Å²) in [5.74, 6) is 1.15. The van der Waals surface area contributed by atoms with Crippen LogP contribution in [0.2, 0.25) is 0 Å². The normalized spacial score (nSPS) is 22.4. The maximum atomic E-state index is 13.3. The summed E-state index contributed by atoms with van der Waals surface area (Å²) in [5, 5.41) is 0. The number of benzene rings is 1. The second-order valence-electron chi connectivity index (χ2n) is 8.06. The van der Waals surface area contributed by atoms with Crippen LogP contribution in [-0.4, -0.2) is 26.5 Å². The van der Waals surface area contributed by atoms with Crippen LogP contribution in [-0.2, 0) is 16.2 Å². The third kappa shape index (κ3) is 4.40. The fraction of sp³-hybridized carbons (Fsp3) is 0.476. The molecule has 1 aromatic heterocycles. The van der Waals surface area contributed by atoms with Gasteiger partial charge in [0.15, 0.2) is 0 Å². The molecular formula is C21H24F3N3O2S. The second-order valence-corrected chi connectivity index (χ2v) is 9.75. The number of rotatable bonds is 4. The zero-order chi connectivity index (χ0) is 21.4. The van der Waals surface area contributed by atoms with Gasteiger partial charge in [-0.25, -0.2) is 8.42 Å². The molecule has 1 aliphatic carbocycles. The van der Waals surface area contributed by atoms with Crippen LogP contribution in [0.25, 0.3) is 0 Å². The minimum Gasteiger partial charge on any atom is -0.370 e. The van der Waals surface area contributed by atoms with Crippen molar-refractivity contribution < 1.29 is 21.6 Å². The average molecular weight is 440 g/mol. The number of hydrogen-bond acceptors (Lipinski definition) is 4. The molecule has 4 rings (SSSR count). The largest absolute Gasteiger partial charge is 0.416 e. The minimum atomic E-state index is -4.57. The molecular weight excluding hydrogens is 415 g/mol. The Hall–Kier alpha value is -2.29. The van der Waals surface area contributed by atoms with Gasteiger partial charge in [-0.2, -0.15) is 13.2 Å². The zero-order valence-electron chi connectivity index (χ0n) is 16.4. The molecule has 30 heavy (non-hydrogen) atoms. The van der Waals surface area contributed by atoms with E-state index in [1.165, 1.54) is 49.9 Å². The lowest BCUT2D eigenvalue weighted by Gasteiger charge is -2.42. The summed E-state index contributed by atoms with van der Waals surface area (Å²) in [6.07, 6.45) is 3.72. The van der Waals surface area contributed by atoms with Crippen molar-refractivity contribution >= 4 is 21.4 Å². The molecule has 0 bridgehead atoms. The van der Waals surface area contributed by atoms with Crippen molar-refractivity contribution in [1.29, 1.82) is 0 Å². The summed E-state index contributed by atoms with van der Waals surface area (Å²) in [4.78, 5) is 5.72. The first kappa shape index (κ1) is 21.0. The van der Waals surface area contributed by atoms with Crippen LogP contribution in [0.4, 0.5) is 24.5 Å². The molecule has 1 aromatic carbocycles. The molecule has 1 saturated heterocycles. The Morgan fingerprint density at radius 2 is 1.83 bits per heavy atom. The van der Waals surface area contributed by atoms with Crippen molar-refractivity contribution in [1.82, 2.24) is 4.98 Å². The number of piperidine rings is 1. The Labute approximate surface area is 174 Å². The van der Waals surface area contributed by atoms with Gasteiger partial charge in [-0.1, -0.05) is 19.3 Å². The Kier molecular flexibility index (Phi) is 5.65. The molecule has 2 aliphatic rings. The van der Waals surface area contributed by atoms with Gasteiger partial charge in [-0.3, -0.25) is 9.71 Å². The molecule has 9 heteroatoms. The smallest absolute Gasteiger partial charge is 0.370 e. The van der Waals surface area contributed by atoms with Gasteiger partial charge >= 0.3 is 6.18 Å². The number of pyridine rings is 1. The molecule has 5 nitrogen and oxygen atoms in total. The molecule has 1 saturated carbocycles. The highest BCUT2D eigenvalue weighted by Gasteiger charge is 2.35. The van der Waals surface area contributed by atoms with Crippen LogP contribution in [0.3, 0.4) is 0 Å². The van der Waals surface area contributed by atoms with E-state index in [9.17, 15) is 21.6 Å². The molecule has 2 aromatic rings. The van der Waals surface area contributed by atoms with Crippen molar-refractivity contribution in [3.63, 3.8) is 0 Å². The SMILES string of the molecule is O=S(=O)(Nc1cc(C(F)(F)F)ccc1N1CC[C@@H]2CCCC[C@H]2C1)c1cccnc1. The van der Waals surface area contributed by atoms with E-state index in [2.05, 4.69) is 9.71 Å². The molecule has 2 heterocycles. The topological polar surface area (TPSA) is 62.3 Å². The Morgan fingerprint density at radius 1 is 1.07 bits per heavy atom. The summed E-state index contributed by atoms with van der Waals surface area (Å²) in [6, 6.07) is 6.11. The maximum Gasteiger partial charge on any atom is 0.416 e. The van der Waals surface area contributed by atoms with Crippen molar-refractivity contribution in [3.8, 4) is 0 Å². The van der Waals surface area contributed by atoms with E-state index in [0.29, 0.717) is 24.1 Å². The monoisotopic (exact) mass is 439 g/mol. The van der Waals surface area contributed by atoms with Crippen molar-refractivity contribution in [2.45, 2.75) is 43.2 Å². The Morgan fingerprint density at radius 3 is 2.53 bits per heavy atom. The molecule has 0 radical (unpaired) electrons. The standard InChI is InChI=1S/C21H24F3N3O2S/c22-21(23,24)17-7-8-20(27-11-9-15-4-1-2-5-16(15)14-27)19(12-17)26-30(28,29)18-6-3-10-25-13-18/h3,6-8,10,12-13,15-16,26H,1-2,4-5,9,11,14H2/t15-,16-/m0/s1. The van der Waals surface area contributed by atoms with E-state index in [1.807, 2.05) is 4.90 Å². The molecule has 2 atom stereocenters. The predicted molar refractivity (Wildman–Crippen MR) is 109 cm³/mol. The number of sulfonamides is 1. The van der Waals surface area contributed by atoms with Gasteiger partial charge < -0.3 is 4.90 Å². The van der Waals surface area contributed by atoms with Crippen LogP contribution in [0.15, 0.2) is 47.6 Å². The summed E-state index contributed by atoms with van der Waals surface area (Å²) in [5.41, 5.74) is -0.454. The van der Waals surface area contributed by atoms with Crippen LogP contribution < -0.4 is 9.62 Å². The van der Waals surface area contributed by atoms with E-state index >= 15 is 0 Å². The lowest BCUT2D eigenvalue weighted by atomic mass is 9.75. The molecule has 1 aliphatic heterocycles. The summed E-state index contributed by atoms with van der Waals surface area (Å²) < 4.78 is 67.9. The molecule has 2 fully saturated rings.